The third kappa shape index (κ3) is 4.95. The second kappa shape index (κ2) is 8.68. The van der Waals surface area contributed by atoms with E-state index in [1.807, 2.05) is 12.1 Å². The van der Waals surface area contributed by atoms with Crippen molar-refractivity contribution in [2.45, 2.75) is 56.9 Å². The van der Waals surface area contributed by atoms with Crippen LogP contribution in [0, 0.1) is 0 Å². The summed E-state index contributed by atoms with van der Waals surface area (Å²) in [7, 11) is 0. The number of aryl methyl sites for hydroxylation is 1. The standard InChI is InChI=1S/C20H29NO4/c22-19-8-7-15(4-3-10-25-11-9-20(23)24)12-18(19)16-13-21(14-16)17-5-1-2-6-17/h7-8,12,16-17,22H,1-6,9-11,13-14H2,(H,23,24). The molecule has 0 atom stereocenters. The number of benzene rings is 1. The normalized spacial score (nSPS) is 19.2. The number of carboxylic acids is 1. The molecule has 1 saturated carbocycles. The fourth-order valence-corrected chi connectivity index (χ4v) is 4.00. The molecule has 0 bridgehead atoms. The van der Waals surface area contributed by atoms with Crippen molar-refractivity contribution >= 4 is 5.97 Å². The van der Waals surface area contributed by atoms with Crippen molar-refractivity contribution < 1.29 is 19.7 Å². The highest BCUT2D eigenvalue weighted by atomic mass is 16.5. The lowest BCUT2D eigenvalue weighted by molar-refractivity contribution is -0.138. The van der Waals surface area contributed by atoms with Crippen molar-refractivity contribution in [1.29, 1.82) is 0 Å². The Labute approximate surface area is 149 Å². The number of ether oxygens (including phenoxy) is 1. The predicted molar refractivity (Wildman–Crippen MR) is 96.1 cm³/mol. The molecule has 1 saturated heterocycles. The van der Waals surface area contributed by atoms with Crippen LogP contribution in [0.2, 0.25) is 0 Å². The first kappa shape index (κ1) is 18.2. The van der Waals surface area contributed by atoms with E-state index in [9.17, 15) is 9.90 Å². The lowest BCUT2D eigenvalue weighted by Gasteiger charge is -2.43. The summed E-state index contributed by atoms with van der Waals surface area (Å²) in [6, 6.07) is 6.70. The first-order chi connectivity index (χ1) is 12.1. The number of phenolic OH excluding ortho intramolecular Hbond substituents is 1. The molecule has 0 spiro atoms. The molecule has 1 aromatic carbocycles. The molecule has 1 heterocycles. The number of likely N-dealkylation sites (tertiary alicyclic amines) is 1. The third-order valence-electron chi connectivity index (χ3n) is 5.50. The van der Waals surface area contributed by atoms with Crippen LogP contribution in [-0.2, 0) is 16.0 Å². The fourth-order valence-electron chi connectivity index (χ4n) is 4.00. The zero-order valence-corrected chi connectivity index (χ0v) is 14.8. The maximum atomic E-state index is 10.4. The summed E-state index contributed by atoms with van der Waals surface area (Å²) in [6.07, 6.45) is 7.20. The summed E-state index contributed by atoms with van der Waals surface area (Å²) >= 11 is 0. The third-order valence-corrected chi connectivity index (χ3v) is 5.50. The van der Waals surface area contributed by atoms with Crippen LogP contribution < -0.4 is 0 Å². The minimum absolute atomic E-state index is 0.0581. The minimum atomic E-state index is -0.824. The van der Waals surface area contributed by atoms with Gasteiger partial charge >= 0.3 is 5.97 Å². The average Bonchev–Trinajstić information content (AvgIpc) is 3.05. The van der Waals surface area contributed by atoms with E-state index < -0.39 is 5.97 Å². The first-order valence-electron chi connectivity index (χ1n) is 9.49. The summed E-state index contributed by atoms with van der Waals surface area (Å²) in [5.74, 6) is 0.0419. The van der Waals surface area contributed by atoms with E-state index >= 15 is 0 Å². The van der Waals surface area contributed by atoms with E-state index in [1.54, 1.807) is 0 Å². The van der Waals surface area contributed by atoms with Gasteiger partial charge in [0.05, 0.1) is 13.0 Å². The zero-order valence-electron chi connectivity index (χ0n) is 14.8. The van der Waals surface area contributed by atoms with Gasteiger partial charge in [0.2, 0.25) is 0 Å². The van der Waals surface area contributed by atoms with Crippen molar-refractivity contribution in [3.05, 3.63) is 29.3 Å². The summed E-state index contributed by atoms with van der Waals surface area (Å²) < 4.78 is 5.33. The fraction of sp³-hybridized carbons (Fsp3) is 0.650. The number of rotatable bonds is 9. The monoisotopic (exact) mass is 347 g/mol. The van der Waals surface area contributed by atoms with Gasteiger partial charge in [-0.05, 0) is 42.9 Å². The predicted octanol–water partition coefficient (Wildman–Crippen LogP) is 3.16. The van der Waals surface area contributed by atoms with Crippen molar-refractivity contribution in [3.63, 3.8) is 0 Å². The van der Waals surface area contributed by atoms with Gasteiger partial charge in [-0.3, -0.25) is 9.69 Å². The number of aromatic hydroxyl groups is 1. The Morgan fingerprint density at radius 1 is 1.20 bits per heavy atom. The molecule has 1 aromatic rings. The Bertz CT molecular complexity index is 577. The van der Waals surface area contributed by atoms with Crippen LogP contribution >= 0.6 is 0 Å². The SMILES string of the molecule is O=C(O)CCOCCCc1ccc(O)c(C2CN(C3CCCC3)C2)c1. The first-order valence-corrected chi connectivity index (χ1v) is 9.49. The summed E-state index contributed by atoms with van der Waals surface area (Å²) in [6.45, 7) is 2.98. The maximum absolute atomic E-state index is 10.4. The highest BCUT2D eigenvalue weighted by molar-refractivity contribution is 5.66. The largest absolute Gasteiger partial charge is 0.508 e. The van der Waals surface area contributed by atoms with E-state index in [-0.39, 0.29) is 13.0 Å². The molecular formula is C20H29NO4. The number of aliphatic carboxylic acids is 1. The number of carbonyl (C=O) groups is 1. The van der Waals surface area contributed by atoms with Crippen molar-refractivity contribution in [2.24, 2.45) is 0 Å². The van der Waals surface area contributed by atoms with E-state index in [2.05, 4.69) is 11.0 Å². The summed E-state index contributed by atoms with van der Waals surface area (Å²) in [4.78, 5) is 13.0. The minimum Gasteiger partial charge on any atom is -0.508 e. The van der Waals surface area contributed by atoms with E-state index in [4.69, 9.17) is 9.84 Å². The molecule has 25 heavy (non-hydrogen) atoms. The highest BCUT2D eigenvalue weighted by Gasteiger charge is 2.35. The van der Waals surface area contributed by atoms with Gasteiger partial charge in [-0.25, -0.2) is 0 Å². The Hall–Kier alpha value is -1.59. The van der Waals surface area contributed by atoms with Gasteiger partial charge in [-0.15, -0.1) is 0 Å². The zero-order chi connectivity index (χ0) is 17.6. The average molecular weight is 347 g/mol. The molecule has 2 N–H and O–H groups in total. The quantitative estimate of drug-likeness (QED) is 0.672. The Balaban J connectivity index is 1.44. The topological polar surface area (TPSA) is 70.0 Å². The van der Waals surface area contributed by atoms with E-state index in [0.29, 0.717) is 18.3 Å². The van der Waals surface area contributed by atoms with Crippen molar-refractivity contribution in [2.75, 3.05) is 26.3 Å². The number of carboxylic acid groups (broad SMARTS) is 1. The number of nitrogens with zero attached hydrogens (tertiary/aromatic N) is 1. The smallest absolute Gasteiger partial charge is 0.305 e. The van der Waals surface area contributed by atoms with Crippen LogP contribution in [-0.4, -0.2) is 53.4 Å². The molecule has 0 aromatic heterocycles. The van der Waals surface area contributed by atoms with E-state index in [0.717, 1.165) is 37.5 Å². The Kier molecular flexibility index (Phi) is 6.32. The number of hydrogen-bond acceptors (Lipinski definition) is 4. The van der Waals surface area contributed by atoms with Crippen LogP contribution in [0.25, 0.3) is 0 Å². The summed E-state index contributed by atoms with van der Waals surface area (Å²) in [5, 5.41) is 18.8. The molecule has 0 amide bonds. The molecule has 138 valence electrons. The maximum Gasteiger partial charge on any atom is 0.305 e. The van der Waals surface area contributed by atoms with Crippen LogP contribution in [0.15, 0.2) is 18.2 Å². The highest BCUT2D eigenvalue weighted by Crippen LogP contribution is 2.37. The second-order valence-corrected chi connectivity index (χ2v) is 7.34. The molecule has 2 fully saturated rings. The van der Waals surface area contributed by atoms with Crippen molar-refractivity contribution in [1.82, 2.24) is 4.90 Å². The Morgan fingerprint density at radius 3 is 2.68 bits per heavy atom. The van der Waals surface area contributed by atoms with Gasteiger partial charge in [-0.2, -0.15) is 0 Å². The van der Waals surface area contributed by atoms with E-state index in [1.165, 1.54) is 31.2 Å². The van der Waals surface area contributed by atoms with Gasteiger partial charge in [-0.1, -0.05) is 25.0 Å². The second-order valence-electron chi connectivity index (χ2n) is 7.34. The van der Waals surface area contributed by atoms with Crippen LogP contribution in [0.1, 0.15) is 55.6 Å². The lowest BCUT2D eigenvalue weighted by Crippen LogP contribution is -2.49. The lowest BCUT2D eigenvalue weighted by atomic mass is 9.87. The molecular weight excluding hydrogens is 318 g/mol. The van der Waals surface area contributed by atoms with Gasteiger partial charge in [0, 0.05) is 31.7 Å². The molecule has 0 unspecified atom stereocenters. The molecule has 1 aliphatic carbocycles. The van der Waals surface area contributed by atoms with Gasteiger partial charge in [0.15, 0.2) is 0 Å². The summed E-state index contributed by atoms with van der Waals surface area (Å²) in [5.41, 5.74) is 2.30. The van der Waals surface area contributed by atoms with Gasteiger partial charge < -0.3 is 14.9 Å². The van der Waals surface area contributed by atoms with Crippen LogP contribution in [0.4, 0.5) is 0 Å². The molecule has 5 nitrogen and oxygen atoms in total. The molecule has 5 heteroatoms. The van der Waals surface area contributed by atoms with Crippen LogP contribution in [0.3, 0.4) is 0 Å². The Morgan fingerprint density at radius 2 is 1.96 bits per heavy atom. The van der Waals surface area contributed by atoms with Gasteiger partial charge in [0.25, 0.3) is 0 Å². The van der Waals surface area contributed by atoms with Crippen LogP contribution in [0.5, 0.6) is 5.75 Å². The number of phenols is 1. The molecule has 1 aliphatic heterocycles. The number of hydrogen-bond donors (Lipinski definition) is 2. The van der Waals surface area contributed by atoms with Crippen molar-refractivity contribution in [3.8, 4) is 5.75 Å². The van der Waals surface area contributed by atoms with Gasteiger partial charge in [0.1, 0.15) is 5.75 Å². The molecule has 0 radical (unpaired) electrons. The molecule has 2 aliphatic rings. The molecule has 3 rings (SSSR count).